The molecule has 118 valence electrons. The van der Waals surface area contributed by atoms with Gasteiger partial charge in [-0.15, -0.1) is 0 Å². The van der Waals surface area contributed by atoms with E-state index in [1.54, 1.807) is 28.9 Å². The lowest BCUT2D eigenvalue weighted by atomic mass is 10.2. The molecule has 4 nitrogen and oxygen atoms in total. The number of carbonyl (C=O) groups excluding carboxylic acids is 1. The molecule has 3 aromatic rings. The van der Waals surface area contributed by atoms with Crippen LogP contribution < -0.4 is 0 Å². The van der Waals surface area contributed by atoms with Crippen molar-refractivity contribution in [2.75, 3.05) is 7.11 Å². The van der Waals surface area contributed by atoms with Gasteiger partial charge in [0, 0.05) is 15.4 Å². The summed E-state index contributed by atoms with van der Waals surface area (Å²) in [6.45, 7) is 0.271. The molecule has 0 unspecified atom stereocenters. The molecule has 2 aromatic carbocycles. The molecule has 0 fully saturated rings. The quantitative estimate of drug-likeness (QED) is 0.659. The molecule has 0 atom stereocenters. The van der Waals surface area contributed by atoms with E-state index in [9.17, 15) is 9.18 Å². The molecule has 0 bridgehead atoms. The lowest BCUT2D eigenvalue weighted by Crippen LogP contribution is -2.06. The van der Waals surface area contributed by atoms with Crippen LogP contribution in [0.4, 0.5) is 4.39 Å². The van der Waals surface area contributed by atoms with Gasteiger partial charge in [-0.3, -0.25) is 4.68 Å². The van der Waals surface area contributed by atoms with Crippen LogP contribution in [0.25, 0.3) is 10.9 Å². The number of benzene rings is 2. The van der Waals surface area contributed by atoms with E-state index in [-0.39, 0.29) is 17.3 Å². The number of methoxy groups -OCH3 is 1. The molecule has 1 heterocycles. The summed E-state index contributed by atoms with van der Waals surface area (Å²) < 4.78 is 19.5. The van der Waals surface area contributed by atoms with E-state index < -0.39 is 11.8 Å². The highest BCUT2D eigenvalue weighted by Crippen LogP contribution is 2.25. The Morgan fingerprint density at radius 2 is 2.04 bits per heavy atom. The predicted octanol–water partition coefficient (Wildman–Crippen LogP) is 4.32. The Bertz CT molecular complexity index is 908. The molecule has 3 rings (SSSR count). The Morgan fingerprint density at radius 3 is 2.74 bits per heavy atom. The van der Waals surface area contributed by atoms with Gasteiger partial charge in [0.15, 0.2) is 5.69 Å². The lowest BCUT2D eigenvalue weighted by Gasteiger charge is -2.06. The van der Waals surface area contributed by atoms with Crippen LogP contribution >= 0.6 is 23.2 Å². The molecular weight excluding hydrogens is 342 g/mol. The minimum absolute atomic E-state index is 0.192. The number of aromatic nitrogens is 2. The third kappa shape index (κ3) is 3.02. The minimum atomic E-state index is -0.540. The number of nitrogens with zero attached hydrogens (tertiary/aromatic N) is 2. The molecule has 0 aliphatic rings. The van der Waals surface area contributed by atoms with Crippen LogP contribution in [0.1, 0.15) is 16.1 Å². The molecule has 0 saturated heterocycles. The number of carbonyl (C=O) groups is 1. The zero-order valence-corrected chi connectivity index (χ0v) is 13.5. The predicted molar refractivity (Wildman–Crippen MR) is 86.6 cm³/mol. The first kappa shape index (κ1) is 15.8. The van der Waals surface area contributed by atoms with Crippen molar-refractivity contribution in [3.05, 3.63) is 63.5 Å². The summed E-state index contributed by atoms with van der Waals surface area (Å²) in [7, 11) is 1.29. The standard InChI is InChI=1S/C16H11Cl2FN2O2/c1-23-16(22)15-12-5-3-10(17)6-14(12)21(20-15)8-9-2-4-11(19)7-13(9)18/h2-7H,8H2,1H3. The molecule has 0 radical (unpaired) electrons. The highest BCUT2D eigenvalue weighted by Gasteiger charge is 2.18. The van der Waals surface area contributed by atoms with Crippen molar-refractivity contribution in [2.45, 2.75) is 6.54 Å². The summed E-state index contributed by atoms with van der Waals surface area (Å²) in [5.74, 6) is -0.955. The van der Waals surface area contributed by atoms with E-state index >= 15 is 0 Å². The van der Waals surface area contributed by atoms with Gasteiger partial charge in [-0.25, -0.2) is 9.18 Å². The van der Waals surface area contributed by atoms with E-state index in [2.05, 4.69) is 5.10 Å². The second-order valence-corrected chi connectivity index (χ2v) is 5.74. The first-order chi connectivity index (χ1) is 11.0. The number of esters is 1. The van der Waals surface area contributed by atoms with Crippen molar-refractivity contribution in [1.29, 1.82) is 0 Å². The summed E-state index contributed by atoms with van der Waals surface area (Å²) in [6, 6.07) is 9.21. The molecule has 0 saturated carbocycles. The molecule has 7 heteroatoms. The zero-order valence-electron chi connectivity index (χ0n) is 12.0. The number of ether oxygens (including phenoxy) is 1. The second kappa shape index (κ2) is 6.18. The Kier molecular flexibility index (Phi) is 4.24. The van der Waals surface area contributed by atoms with Crippen LogP contribution in [0.3, 0.4) is 0 Å². The lowest BCUT2D eigenvalue weighted by molar-refractivity contribution is 0.0595. The highest BCUT2D eigenvalue weighted by molar-refractivity contribution is 6.31. The number of fused-ring (bicyclic) bond motifs is 1. The van der Waals surface area contributed by atoms with Crippen LogP contribution in [0.2, 0.25) is 10.0 Å². The molecule has 0 amide bonds. The maximum Gasteiger partial charge on any atom is 0.359 e. The Morgan fingerprint density at radius 1 is 1.26 bits per heavy atom. The van der Waals surface area contributed by atoms with Gasteiger partial charge in [0.2, 0.25) is 0 Å². The van der Waals surface area contributed by atoms with Crippen LogP contribution in [-0.2, 0) is 11.3 Å². The molecule has 1 aromatic heterocycles. The summed E-state index contributed by atoms with van der Waals surface area (Å²) in [4.78, 5) is 11.9. The van der Waals surface area contributed by atoms with Crippen LogP contribution in [-0.4, -0.2) is 22.9 Å². The van der Waals surface area contributed by atoms with Crippen molar-refractivity contribution in [3.8, 4) is 0 Å². The van der Waals surface area contributed by atoms with Crippen molar-refractivity contribution < 1.29 is 13.9 Å². The third-order valence-electron chi connectivity index (χ3n) is 3.43. The van der Waals surface area contributed by atoms with Crippen LogP contribution in [0.5, 0.6) is 0 Å². The fraction of sp³-hybridized carbons (Fsp3) is 0.125. The largest absolute Gasteiger partial charge is 0.464 e. The Balaban J connectivity index is 2.13. The monoisotopic (exact) mass is 352 g/mol. The zero-order chi connectivity index (χ0) is 16.6. The van der Waals surface area contributed by atoms with Gasteiger partial charge >= 0.3 is 5.97 Å². The van der Waals surface area contributed by atoms with Gasteiger partial charge in [0.25, 0.3) is 0 Å². The molecular formula is C16H11Cl2FN2O2. The van der Waals surface area contributed by atoms with Gasteiger partial charge in [-0.1, -0.05) is 29.3 Å². The fourth-order valence-electron chi connectivity index (χ4n) is 2.33. The first-order valence-electron chi connectivity index (χ1n) is 6.68. The first-order valence-corrected chi connectivity index (χ1v) is 7.43. The minimum Gasteiger partial charge on any atom is -0.464 e. The Labute approximate surface area is 141 Å². The maximum atomic E-state index is 13.2. The third-order valence-corrected chi connectivity index (χ3v) is 4.01. The van der Waals surface area contributed by atoms with Crippen LogP contribution in [0.15, 0.2) is 36.4 Å². The summed E-state index contributed by atoms with van der Waals surface area (Å²) >= 11 is 12.1. The fourth-order valence-corrected chi connectivity index (χ4v) is 2.72. The highest BCUT2D eigenvalue weighted by atomic mass is 35.5. The average Bonchev–Trinajstić information content (AvgIpc) is 2.87. The van der Waals surface area contributed by atoms with Gasteiger partial charge in [-0.2, -0.15) is 5.10 Å². The molecule has 23 heavy (non-hydrogen) atoms. The van der Waals surface area contributed by atoms with Crippen molar-refractivity contribution in [2.24, 2.45) is 0 Å². The van der Waals surface area contributed by atoms with Gasteiger partial charge in [0.05, 0.1) is 19.2 Å². The van der Waals surface area contributed by atoms with Crippen molar-refractivity contribution in [1.82, 2.24) is 9.78 Å². The van der Waals surface area contributed by atoms with Gasteiger partial charge in [0.1, 0.15) is 5.82 Å². The van der Waals surface area contributed by atoms with Crippen molar-refractivity contribution >= 4 is 40.1 Å². The number of rotatable bonds is 3. The topological polar surface area (TPSA) is 44.1 Å². The SMILES string of the molecule is COC(=O)c1nn(Cc2ccc(F)cc2Cl)c2cc(Cl)ccc12. The second-order valence-electron chi connectivity index (χ2n) is 4.90. The molecule has 0 aliphatic carbocycles. The van der Waals surface area contributed by atoms with Crippen LogP contribution in [0, 0.1) is 5.82 Å². The normalized spacial score (nSPS) is 11.0. The average molecular weight is 353 g/mol. The molecule has 0 aliphatic heterocycles. The number of halogens is 3. The summed E-state index contributed by atoms with van der Waals surface area (Å²) in [5.41, 5.74) is 1.53. The van der Waals surface area contributed by atoms with E-state index in [1.165, 1.54) is 19.2 Å². The van der Waals surface area contributed by atoms with E-state index in [0.29, 0.717) is 21.5 Å². The Hall–Kier alpha value is -2.11. The van der Waals surface area contributed by atoms with E-state index in [0.717, 1.165) is 0 Å². The van der Waals surface area contributed by atoms with Crippen molar-refractivity contribution in [3.63, 3.8) is 0 Å². The summed E-state index contributed by atoms with van der Waals surface area (Å²) in [5, 5.41) is 5.72. The molecule has 0 spiro atoms. The van der Waals surface area contributed by atoms with Gasteiger partial charge in [-0.05, 0) is 35.9 Å². The maximum absolute atomic E-state index is 13.2. The van der Waals surface area contributed by atoms with E-state index in [4.69, 9.17) is 27.9 Å². The smallest absolute Gasteiger partial charge is 0.359 e. The molecule has 0 N–H and O–H groups in total. The van der Waals surface area contributed by atoms with Gasteiger partial charge < -0.3 is 4.74 Å². The summed E-state index contributed by atoms with van der Waals surface area (Å²) in [6.07, 6.45) is 0. The number of hydrogen-bond acceptors (Lipinski definition) is 3. The van der Waals surface area contributed by atoms with E-state index in [1.807, 2.05) is 0 Å². The number of hydrogen-bond donors (Lipinski definition) is 0.